The molecule has 0 bridgehead atoms. The number of amides is 1. The van der Waals surface area contributed by atoms with E-state index in [0.717, 1.165) is 89.9 Å². The Morgan fingerprint density at radius 2 is 0.676 bits per heavy atom. The maximum Gasteiger partial charge on any atom is 0.220 e. The van der Waals surface area contributed by atoms with Crippen molar-refractivity contribution < 1.29 is 89.4 Å². The predicted octanol–water partition coefficient (Wildman–Crippen LogP) is 13.3. The van der Waals surface area contributed by atoms with Gasteiger partial charge in [0.1, 0.15) is 73.2 Å². The summed E-state index contributed by atoms with van der Waals surface area (Å²) in [7, 11) is 0. The molecule has 0 aliphatic carbocycles. The number of carbonyl (C=O) groups excluding carboxylic acids is 1. The topological polar surface area (TPSA) is 307 Å². The summed E-state index contributed by atoms with van der Waals surface area (Å²) >= 11 is 0. The zero-order valence-electron chi connectivity index (χ0n) is 62.8. The second-order valence-electron chi connectivity index (χ2n) is 28.1. The van der Waals surface area contributed by atoms with E-state index in [-0.39, 0.29) is 18.9 Å². The van der Waals surface area contributed by atoms with Crippen LogP contribution in [-0.4, -0.2) is 193 Å². The summed E-state index contributed by atoms with van der Waals surface area (Å²) in [5.74, 6) is -0.319. The first-order valence-corrected chi connectivity index (χ1v) is 40.1. The number of rotatable bonds is 62. The molecule has 0 aromatic rings. The van der Waals surface area contributed by atoms with Crippen LogP contribution in [0.4, 0.5) is 0 Å². The number of ether oxygens (including phenoxy) is 6. The Kier molecular flexibility index (Phi) is 56.8. The van der Waals surface area contributed by atoms with Crippen molar-refractivity contribution in [1.82, 2.24) is 5.32 Å². The average Bonchev–Trinajstić information content (AvgIpc) is 0.782. The molecule has 0 spiro atoms. The van der Waals surface area contributed by atoms with Crippen LogP contribution >= 0.6 is 0 Å². The number of hydrogen-bond donors (Lipinski definition) is 12. The van der Waals surface area contributed by atoms with Crippen LogP contribution < -0.4 is 5.32 Å². The van der Waals surface area contributed by atoms with Crippen LogP contribution in [0.15, 0.2) is 109 Å². The molecule has 3 aliphatic rings. The summed E-state index contributed by atoms with van der Waals surface area (Å²) in [6.45, 7) is 1.61. The molecule has 0 saturated carbocycles. The largest absolute Gasteiger partial charge is 0.394 e. The van der Waals surface area contributed by atoms with Crippen molar-refractivity contribution in [2.75, 3.05) is 26.4 Å². The highest BCUT2D eigenvalue weighted by atomic mass is 16.8. The Bertz CT molecular complexity index is 2270. The molecular formula is C83H143NO18. The summed E-state index contributed by atoms with van der Waals surface area (Å²) in [4.78, 5) is 13.5. The van der Waals surface area contributed by atoms with Crippen LogP contribution in [0.25, 0.3) is 0 Å². The van der Waals surface area contributed by atoms with Gasteiger partial charge in [0, 0.05) is 6.42 Å². The normalized spacial score (nSPS) is 26.8. The monoisotopic (exact) mass is 1440 g/mol. The van der Waals surface area contributed by atoms with Gasteiger partial charge >= 0.3 is 0 Å². The van der Waals surface area contributed by atoms with Gasteiger partial charge in [-0.25, -0.2) is 0 Å². The molecule has 3 aliphatic heterocycles. The standard InChI is InChI=1S/C83H143NO18/c1-3-5-7-9-11-13-15-17-19-21-23-25-27-29-31-32-33-35-36-38-40-42-44-46-48-50-52-54-56-58-60-67(88)66(84-71(89)61-59-57-55-53-51-49-47-45-43-41-39-37-34-30-28-26-24-22-20-18-16-14-12-10-8-6-4-2)65-97-81-77(95)74(92)79(69(63-86)99-81)102-83-78(96)75(93)80(70(64-87)100-83)101-82-76(94)73(91)72(90)68(62-85)98-82/h6,8,12,14,18,20,24,26,30,34,39,41,45,47,51,53,58,60,66-70,72-83,85-88,90-96H,3-5,7,9-11,13,15-17,19,21-23,25,27-29,31-33,35-38,40,42-44,46,48-50,52,54-57,59,61-65H2,1-2H3,(H,84,89)/b8-6-,14-12-,20-18-,26-24-,34-30-,41-39-,47-45-,53-51-,60-58+. The zero-order chi connectivity index (χ0) is 73.9. The van der Waals surface area contributed by atoms with Crippen molar-refractivity contribution in [2.24, 2.45) is 0 Å². The number of hydrogen-bond acceptors (Lipinski definition) is 18. The van der Waals surface area contributed by atoms with Gasteiger partial charge in [0.15, 0.2) is 18.9 Å². The van der Waals surface area contributed by atoms with E-state index >= 15 is 0 Å². The molecule has 588 valence electrons. The van der Waals surface area contributed by atoms with Gasteiger partial charge in [0.2, 0.25) is 5.91 Å². The van der Waals surface area contributed by atoms with Crippen LogP contribution in [0.1, 0.15) is 277 Å². The third-order valence-electron chi connectivity index (χ3n) is 19.3. The molecule has 3 heterocycles. The van der Waals surface area contributed by atoms with Gasteiger partial charge < -0.3 is 89.9 Å². The van der Waals surface area contributed by atoms with E-state index in [1.807, 2.05) is 6.08 Å². The molecular weight excluding hydrogens is 1300 g/mol. The third kappa shape index (κ3) is 42.1. The predicted molar refractivity (Wildman–Crippen MR) is 406 cm³/mol. The van der Waals surface area contributed by atoms with Gasteiger partial charge in [-0.1, -0.05) is 297 Å². The van der Waals surface area contributed by atoms with Gasteiger partial charge in [0.25, 0.3) is 0 Å². The number of aliphatic hydroxyl groups is 11. The minimum absolute atomic E-state index is 0.181. The molecule has 0 aromatic carbocycles. The maximum atomic E-state index is 13.5. The van der Waals surface area contributed by atoms with E-state index in [0.29, 0.717) is 6.42 Å². The molecule has 3 saturated heterocycles. The van der Waals surface area contributed by atoms with E-state index in [1.165, 1.54) is 161 Å². The fraction of sp³-hybridized carbons (Fsp3) is 0.771. The Labute approximate surface area is 615 Å². The first-order chi connectivity index (χ1) is 49.8. The second-order valence-corrected chi connectivity index (χ2v) is 28.1. The van der Waals surface area contributed by atoms with Gasteiger partial charge in [-0.05, 0) is 83.5 Å². The third-order valence-corrected chi connectivity index (χ3v) is 19.3. The summed E-state index contributed by atoms with van der Waals surface area (Å²) in [5.41, 5.74) is 0. The van der Waals surface area contributed by atoms with Gasteiger partial charge in [0.05, 0.1) is 38.6 Å². The smallest absolute Gasteiger partial charge is 0.220 e. The number of unbranched alkanes of at least 4 members (excludes halogenated alkanes) is 30. The highest BCUT2D eigenvalue weighted by molar-refractivity contribution is 5.76. The van der Waals surface area contributed by atoms with Crippen molar-refractivity contribution in [3.63, 3.8) is 0 Å². The van der Waals surface area contributed by atoms with Crippen LogP contribution in [-0.2, 0) is 33.2 Å². The molecule has 1 amide bonds. The summed E-state index contributed by atoms with van der Waals surface area (Å²) in [6, 6.07) is -1.01. The first kappa shape index (κ1) is 92.7. The molecule has 19 nitrogen and oxygen atoms in total. The van der Waals surface area contributed by atoms with Crippen LogP contribution in [0, 0.1) is 0 Å². The van der Waals surface area contributed by atoms with Crippen molar-refractivity contribution in [3.05, 3.63) is 109 Å². The van der Waals surface area contributed by atoms with Crippen LogP contribution in [0.5, 0.6) is 0 Å². The Balaban J connectivity index is 1.41. The molecule has 3 rings (SSSR count). The van der Waals surface area contributed by atoms with E-state index in [1.54, 1.807) is 6.08 Å². The average molecular weight is 1440 g/mol. The van der Waals surface area contributed by atoms with Gasteiger partial charge in [-0.3, -0.25) is 4.79 Å². The second kappa shape index (κ2) is 62.5. The lowest BCUT2D eigenvalue weighted by atomic mass is 9.96. The van der Waals surface area contributed by atoms with Crippen molar-refractivity contribution >= 4 is 5.91 Å². The number of nitrogens with one attached hydrogen (secondary N) is 1. The minimum Gasteiger partial charge on any atom is -0.394 e. The highest BCUT2D eigenvalue weighted by Crippen LogP contribution is 2.33. The number of allylic oxidation sites excluding steroid dienone is 17. The molecule has 102 heavy (non-hydrogen) atoms. The quantitative estimate of drug-likeness (QED) is 0.0199. The molecule has 0 aromatic heterocycles. The molecule has 12 N–H and O–H groups in total. The lowest BCUT2D eigenvalue weighted by Gasteiger charge is -2.48. The van der Waals surface area contributed by atoms with Crippen LogP contribution in [0.3, 0.4) is 0 Å². The summed E-state index contributed by atoms with van der Waals surface area (Å²) in [6.07, 6.45) is 59.3. The Morgan fingerprint density at radius 1 is 0.363 bits per heavy atom. The maximum absolute atomic E-state index is 13.5. The van der Waals surface area contributed by atoms with E-state index < -0.39 is 124 Å². The SMILES string of the molecule is CC/C=C\C/C=C\C/C=C\C/C=C\C/C=C\C/C=C\C/C=C\C/C=C\CCCCC(=O)NC(COC1OC(CO)C(OC2OC(CO)C(OC3OC(CO)C(O)C(O)C3O)C(O)C2O)C(O)C1O)C(O)/C=C/CCCCCCCCCCCCCCCCCCCCCCCCCCCCCC. The fourth-order valence-electron chi connectivity index (χ4n) is 12.9. The molecule has 3 fully saturated rings. The summed E-state index contributed by atoms with van der Waals surface area (Å²) in [5, 5.41) is 121. The lowest BCUT2D eigenvalue weighted by Crippen LogP contribution is -2.66. The van der Waals surface area contributed by atoms with E-state index in [2.05, 4.69) is 116 Å². The Morgan fingerprint density at radius 3 is 1.06 bits per heavy atom. The Hall–Kier alpha value is -3.55. The molecule has 17 atom stereocenters. The first-order valence-electron chi connectivity index (χ1n) is 40.1. The zero-order valence-corrected chi connectivity index (χ0v) is 62.8. The van der Waals surface area contributed by atoms with Gasteiger partial charge in [-0.15, -0.1) is 0 Å². The van der Waals surface area contributed by atoms with Crippen molar-refractivity contribution in [3.8, 4) is 0 Å². The van der Waals surface area contributed by atoms with Crippen molar-refractivity contribution in [2.45, 2.75) is 381 Å². The highest BCUT2D eigenvalue weighted by Gasteiger charge is 2.54. The number of carbonyl (C=O) groups is 1. The number of aliphatic hydroxyl groups excluding tert-OH is 11. The molecule has 19 heteroatoms. The fourth-order valence-corrected chi connectivity index (χ4v) is 12.9. The van der Waals surface area contributed by atoms with Crippen LogP contribution in [0.2, 0.25) is 0 Å². The van der Waals surface area contributed by atoms with E-state index in [4.69, 9.17) is 28.4 Å². The summed E-state index contributed by atoms with van der Waals surface area (Å²) < 4.78 is 34.4. The molecule has 0 radical (unpaired) electrons. The van der Waals surface area contributed by atoms with E-state index in [9.17, 15) is 61.0 Å². The minimum atomic E-state index is -1.99. The molecule has 17 unspecified atom stereocenters. The van der Waals surface area contributed by atoms with Crippen molar-refractivity contribution in [1.29, 1.82) is 0 Å². The lowest BCUT2D eigenvalue weighted by molar-refractivity contribution is -0.379. The van der Waals surface area contributed by atoms with Gasteiger partial charge in [-0.2, -0.15) is 0 Å².